The molecular formula is C25H27Cl2N9S. The lowest BCUT2D eigenvalue weighted by Gasteiger charge is -2.31. The van der Waals surface area contributed by atoms with Crippen LogP contribution in [0.3, 0.4) is 0 Å². The summed E-state index contributed by atoms with van der Waals surface area (Å²) in [5.41, 5.74) is 9.19. The highest BCUT2D eigenvalue weighted by atomic mass is 35.5. The van der Waals surface area contributed by atoms with Crippen molar-refractivity contribution in [3.63, 3.8) is 0 Å². The molecular weight excluding hydrogens is 529 g/mol. The molecule has 3 N–H and O–H groups in total. The van der Waals surface area contributed by atoms with Crippen molar-refractivity contribution in [2.24, 2.45) is 0 Å². The summed E-state index contributed by atoms with van der Waals surface area (Å²) in [6, 6.07) is 9.58. The van der Waals surface area contributed by atoms with E-state index in [0.29, 0.717) is 33.0 Å². The number of thiazole rings is 1. The zero-order chi connectivity index (χ0) is 25.9. The summed E-state index contributed by atoms with van der Waals surface area (Å²) in [5.74, 6) is 1.04. The SMILES string of the molecule is CN1CCN(Cc2cc3c(NCCCc4nc(N)c(C#N)s4)nc(-c4ccc(Cl)cc4Cl)cn3n2)CC1. The number of likely N-dealkylation sites (N-methyl/N-ethyl adjacent to an activating group) is 1. The van der Waals surface area contributed by atoms with Gasteiger partial charge in [-0.15, -0.1) is 11.3 Å². The molecule has 0 aliphatic carbocycles. The Morgan fingerprint density at radius 1 is 1.16 bits per heavy atom. The van der Waals surface area contributed by atoms with E-state index in [1.165, 1.54) is 11.3 Å². The van der Waals surface area contributed by atoms with Gasteiger partial charge in [-0.25, -0.2) is 14.5 Å². The number of rotatable bonds is 8. The van der Waals surface area contributed by atoms with Crippen molar-refractivity contribution >= 4 is 51.7 Å². The third kappa shape index (κ3) is 5.98. The summed E-state index contributed by atoms with van der Waals surface area (Å²) >= 11 is 14.0. The van der Waals surface area contributed by atoms with Gasteiger partial charge in [0, 0.05) is 56.3 Å². The van der Waals surface area contributed by atoms with Crippen LogP contribution in [0.2, 0.25) is 10.0 Å². The lowest BCUT2D eigenvalue weighted by Crippen LogP contribution is -2.43. The maximum absolute atomic E-state index is 9.11. The van der Waals surface area contributed by atoms with E-state index in [-0.39, 0.29) is 0 Å². The average molecular weight is 557 g/mol. The molecule has 1 fully saturated rings. The first kappa shape index (κ1) is 25.7. The number of nitriles is 1. The highest BCUT2D eigenvalue weighted by Gasteiger charge is 2.18. The Bertz CT molecular complexity index is 1450. The molecule has 0 spiro atoms. The van der Waals surface area contributed by atoms with Crippen molar-refractivity contribution < 1.29 is 0 Å². The zero-order valence-corrected chi connectivity index (χ0v) is 22.7. The predicted molar refractivity (Wildman–Crippen MR) is 149 cm³/mol. The smallest absolute Gasteiger partial charge is 0.152 e. The quantitative estimate of drug-likeness (QED) is 0.307. The first-order chi connectivity index (χ1) is 17.9. The molecule has 9 nitrogen and oxygen atoms in total. The summed E-state index contributed by atoms with van der Waals surface area (Å²) in [7, 11) is 2.15. The van der Waals surface area contributed by atoms with Crippen molar-refractivity contribution in [2.75, 3.05) is 50.8 Å². The number of aryl methyl sites for hydroxylation is 1. The van der Waals surface area contributed by atoms with Gasteiger partial charge in [0.15, 0.2) is 11.6 Å². The number of fused-ring (bicyclic) bond motifs is 1. The molecule has 1 aliphatic heterocycles. The average Bonchev–Trinajstić information content (AvgIpc) is 3.45. The summed E-state index contributed by atoms with van der Waals surface area (Å²) in [4.78, 5) is 14.4. The Balaban J connectivity index is 1.38. The minimum Gasteiger partial charge on any atom is -0.382 e. The number of anilines is 2. The fourth-order valence-corrected chi connectivity index (χ4v) is 5.65. The molecule has 0 saturated carbocycles. The van der Waals surface area contributed by atoms with E-state index in [0.717, 1.165) is 73.2 Å². The molecule has 5 rings (SSSR count). The maximum atomic E-state index is 9.11. The number of nitrogens with zero attached hydrogens (tertiary/aromatic N) is 7. The Kier molecular flexibility index (Phi) is 7.79. The Morgan fingerprint density at radius 3 is 2.70 bits per heavy atom. The topological polar surface area (TPSA) is 111 Å². The van der Waals surface area contributed by atoms with Crippen LogP contribution in [-0.4, -0.2) is 69.2 Å². The minimum atomic E-state index is 0.304. The van der Waals surface area contributed by atoms with E-state index in [1.807, 2.05) is 16.8 Å². The molecule has 0 amide bonds. The van der Waals surface area contributed by atoms with Crippen LogP contribution < -0.4 is 11.1 Å². The molecule has 0 bridgehead atoms. The van der Waals surface area contributed by atoms with Gasteiger partial charge in [-0.3, -0.25) is 4.90 Å². The minimum absolute atomic E-state index is 0.304. The van der Waals surface area contributed by atoms with Crippen LogP contribution in [0, 0.1) is 11.3 Å². The summed E-state index contributed by atoms with van der Waals surface area (Å²) < 4.78 is 1.88. The highest BCUT2D eigenvalue weighted by molar-refractivity contribution is 7.12. The number of hydrogen-bond donors (Lipinski definition) is 2. The Hall–Kier alpha value is -2.94. The van der Waals surface area contributed by atoms with Crippen molar-refractivity contribution in [1.82, 2.24) is 29.4 Å². The second-order valence-corrected chi connectivity index (χ2v) is 11.0. The summed E-state index contributed by atoms with van der Waals surface area (Å²) in [6.45, 7) is 5.62. The molecule has 1 aliphatic rings. The van der Waals surface area contributed by atoms with E-state index < -0.39 is 0 Å². The van der Waals surface area contributed by atoms with Gasteiger partial charge in [0.05, 0.1) is 27.6 Å². The number of benzene rings is 1. The second kappa shape index (κ2) is 11.2. The number of nitrogens with one attached hydrogen (secondary N) is 1. The Labute approximate surface area is 229 Å². The number of halogens is 2. The van der Waals surface area contributed by atoms with Gasteiger partial charge in [-0.2, -0.15) is 10.4 Å². The molecule has 4 aromatic rings. The van der Waals surface area contributed by atoms with Crippen LogP contribution >= 0.6 is 34.5 Å². The number of nitrogen functional groups attached to an aromatic ring is 1. The number of hydrogen-bond acceptors (Lipinski definition) is 9. The van der Waals surface area contributed by atoms with Gasteiger partial charge >= 0.3 is 0 Å². The molecule has 0 atom stereocenters. The first-order valence-electron chi connectivity index (χ1n) is 12.0. The molecule has 3 aromatic heterocycles. The number of nitrogens with two attached hydrogens (primary N) is 1. The molecule has 12 heteroatoms. The summed E-state index contributed by atoms with van der Waals surface area (Å²) in [5, 5.41) is 19.4. The third-order valence-corrected chi connectivity index (χ3v) is 7.94. The van der Waals surface area contributed by atoms with Crippen LogP contribution in [0.25, 0.3) is 16.8 Å². The van der Waals surface area contributed by atoms with E-state index in [1.54, 1.807) is 12.1 Å². The van der Waals surface area contributed by atoms with Gasteiger partial charge in [-0.1, -0.05) is 23.2 Å². The van der Waals surface area contributed by atoms with Gasteiger partial charge in [0.25, 0.3) is 0 Å². The van der Waals surface area contributed by atoms with Crippen molar-refractivity contribution in [3.8, 4) is 17.3 Å². The fourth-order valence-electron chi connectivity index (χ4n) is 4.32. The lowest BCUT2D eigenvalue weighted by molar-refractivity contribution is 0.147. The zero-order valence-electron chi connectivity index (χ0n) is 20.4. The molecule has 0 radical (unpaired) electrons. The van der Waals surface area contributed by atoms with Crippen LogP contribution in [0.1, 0.15) is 22.0 Å². The number of aromatic nitrogens is 4. The van der Waals surface area contributed by atoms with E-state index in [4.69, 9.17) is 44.3 Å². The van der Waals surface area contributed by atoms with Crippen LogP contribution in [0.5, 0.6) is 0 Å². The van der Waals surface area contributed by atoms with E-state index in [9.17, 15) is 0 Å². The van der Waals surface area contributed by atoms with Crippen molar-refractivity contribution in [3.05, 3.63) is 56.1 Å². The standard InChI is InChI=1S/C25H27Cl2N9S/c1-34-7-9-35(10-8-34)14-17-12-21-25(30-6-2-3-23-32-24(29)22(13-28)37-23)31-20(15-36(21)33-17)18-5-4-16(26)11-19(18)27/h4-5,11-12,15H,2-3,6-10,14,29H2,1H3,(H,30,31). The predicted octanol–water partition coefficient (Wildman–Crippen LogP) is 4.41. The monoisotopic (exact) mass is 555 g/mol. The van der Waals surface area contributed by atoms with Crippen LogP contribution in [0.4, 0.5) is 11.6 Å². The van der Waals surface area contributed by atoms with E-state index in [2.05, 4.69) is 39.3 Å². The van der Waals surface area contributed by atoms with Gasteiger partial charge in [-0.05, 0) is 37.7 Å². The highest BCUT2D eigenvalue weighted by Crippen LogP contribution is 2.31. The maximum Gasteiger partial charge on any atom is 0.152 e. The molecule has 37 heavy (non-hydrogen) atoms. The third-order valence-electron chi connectivity index (χ3n) is 6.35. The molecule has 0 unspecified atom stereocenters. The molecule has 1 saturated heterocycles. The Morgan fingerprint density at radius 2 is 1.97 bits per heavy atom. The molecule has 4 heterocycles. The van der Waals surface area contributed by atoms with Crippen LogP contribution in [-0.2, 0) is 13.0 Å². The molecule has 192 valence electrons. The summed E-state index contributed by atoms with van der Waals surface area (Å²) in [6.07, 6.45) is 3.43. The van der Waals surface area contributed by atoms with Crippen molar-refractivity contribution in [1.29, 1.82) is 5.26 Å². The van der Waals surface area contributed by atoms with Gasteiger partial charge in [0.1, 0.15) is 16.5 Å². The normalized spacial score (nSPS) is 14.8. The van der Waals surface area contributed by atoms with Gasteiger partial charge in [0.2, 0.25) is 0 Å². The van der Waals surface area contributed by atoms with Gasteiger partial charge < -0.3 is 16.0 Å². The van der Waals surface area contributed by atoms with E-state index >= 15 is 0 Å². The van der Waals surface area contributed by atoms with Crippen LogP contribution in [0.15, 0.2) is 30.5 Å². The number of piperazine rings is 1. The fraction of sp³-hybridized carbons (Fsp3) is 0.360. The molecule has 1 aromatic carbocycles. The first-order valence-corrected chi connectivity index (χ1v) is 13.6. The largest absolute Gasteiger partial charge is 0.382 e. The van der Waals surface area contributed by atoms with Crippen molar-refractivity contribution in [2.45, 2.75) is 19.4 Å². The second-order valence-electron chi connectivity index (χ2n) is 9.11. The lowest BCUT2D eigenvalue weighted by atomic mass is 10.1.